The molecule has 1 N–H and O–H groups in total. The molecule has 0 bridgehead atoms. The fraction of sp³-hybridized carbons (Fsp3) is 0.452. The van der Waals surface area contributed by atoms with Crippen molar-refractivity contribution in [2.24, 2.45) is 4.99 Å². The average molecular weight is 592 g/mol. The maximum Gasteiger partial charge on any atom is 0.410 e. The van der Waals surface area contributed by atoms with Crippen molar-refractivity contribution in [3.63, 3.8) is 0 Å². The molecule has 0 unspecified atom stereocenters. The first-order valence-corrected chi connectivity index (χ1v) is 14.4. The zero-order valence-corrected chi connectivity index (χ0v) is 24.9. The van der Waals surface area contributed by atoms with Gasteiger partial charge in [0.1, 0.15) is 24.6 Å². The molecule has 2 aromatic rings. The number of hydroxylamine groups is 2. The number of carbonyl (C=O) groups is 4. The van der Waals surface area contributed by atoms with E-state index in [4.69, 9.17) is 19.3 Å². The van der Waals surface area contributed by atoms with Gasteiger partial charge in [-0.25, -0.2) is 9.79 Å². The van der Waals surface area contributed by atoms with E-state index in [9.17, 15) is 19.2 Å². The maximum atomic E-state index is 12.4. The van der Waals surface area contributed by atoms with Gasteiger partial charge in [-0.05, 0) is 69.0 Å². The van der Waals surface area contributed by atoms with Crippen molar-refractivity contribution in [2.75, 3.05) is 26.3 Å². The first-order valence-electron chi connectivity index (χ1n) is 14.4. The minimum atomic E-state index is -0.546. The number of piperidine rings is 1. The number of aliphatic imine (C=N–C) groups is 1. The predicted octanol–water partition coefficient (Wildman–Crippen LogP) is 3.50. The van der Waals surface area contributed by atoms with Crippen LogP contribution in [0.5, 0.6) is 5.75 Å². The van der Waals surface area contributed by atoms with Crippen molar-refractivity contribution < 1.29 is 33.5 Å². The molecule has 0 spiro atoms. The summed E-state index contributed by atoms with van der Waals surface area (Å²) in [4.78, 5) is 63.4. The minimum Gasteiger partial charge on any atom is -0.491 e. The number of hydrogen-bond donors (Lipinski definition) is 1. The van der Waals surface area contributed by atoms with Gasteiger partial charge in [0.2, 0.25) is 11.9 Å². The summed E-state index contributed by atoms with van der Waals surface area (Å²) in [7, 11) is 0. The van der Waals surface area contributed by atoms with Gasteiger partial charge in [-0.15, -0.1) is 5.06 Å². The Bertz CT molecular complexity index is 1410. The molecule has 43 heavy (non-hydrogen) atoms. The molecule has 0 saturated carbocycles. The molecule has 1 fully saturated rings. The number of guanidine groups is 1. The molecular formula is C31H37N5O7. The molecule has 3 aliphatic heterocycles. The van der Waals surface area contributed by atoms with Gasteiger partial charge in [-0.3, -0.25) is 24.5 Å². The van der Waals surface area contributed by atoms with Crippen LogP contribution in [0.4, 0.5) is 4.79 Å². The van der Waals surface area contributed by atoms with Crippen LogP contribution >= 0.6 is 0 Å². The van der Waals surface area contributed by atoms with Gasteiger partial charge in [-0.2, -0.15) is 0 Å². The van der Waals surface area contributed by atoms with Crippen molar-refractivity contribution in [3.8, 4) is 5.75 Å². The summed E-state index contributed by atoms with van der Waals surface area (Å²) in [5.74, 6) is -0.0368. The highest BCUT2D eigenvalue weighted by molar-refractivity contribution is 6.20. The highest BCUT2D eigenvalue weighted by Gasteiger charge is 2.36. The third-order valence-corrected chi connectivity index (χ3v) is 7.24. The lowest BCUT2D eigenvalue weighted by atomic mass is 10.1. The zero-order valence-electron chi connectivity index (χ0n) is 24.9. The van der Waals surface area contributed by atoms with Gasteiger partial charge in [-0.1, -0.05) is 18.2 Å². The van der Waals surface area contributed by atoms with E-state index in [2.05, 4.69) is 5.32 Å². The van der Waals surface area contributed by atoms with Crippen molar-refractivity contribution >= 4 is 29.8 Å². The van der Waals surface area contributed by atoms with Crippen LogP contribution in [-0.2, 0) is 27.5 Å². The summed E-state index contributed by atoms with van der Waals surface area (Å²) in [5, 5.41) is 3.67. The summed E-state index contributed by atoms with van der Waals surface area (Å²) >= 11 is 0. The number of hydrogen-bond acceptors (Lipinski definition) is 8. The van der Waals surface area contributed by atoms with Crippen LogP contribution in [0.15, 0.2) is 47.5 Å². The molecule has 12 heteroatoms. The summed E-state index contributed by atoms with van der Waals surface area (Å²) in [6.07, 6.45) is 1.02. The van der Waals surface area contributed by atoms with Crippen molar-refractivity contribution in [1.29, 1.82) is 0 Å². The maximum absolute atomic E-state index is 12.4. The summed E-state index contributed by atoms with van der Waals surface area (Å²) in [6.45, 7) is 9.34. The van der Waals surface area contributed by atoms with E-state index in [1.807, 2.05) is 43.9 Å². The quantitative estimate of drug-likeness (QED) is 0.234. The second-order valence-electron chi connectivity index (χ2n) is 11.8. The number of carbonyl (C=O) groups excluding carboxylic acids is 4. The van der Waals surface area contributed by atoms with E-state index in [-0.39, 0.29) is 31.3 Å². The second-order valence-corrected chi connectivity index (χ2v) is 11.8. The molecule has 12 nitrogen and oxygen atoms in total. The van der Waals surface area contributed by atoms with Gasteiger partial charge in [0, 0.05) is 33.1 Å². The van der Waals surface area contributed by atoms with E-state index in [1.165, 1.54) is 6.92 Å². The Morgan fingerprint density at radius 1 is 0.930 bits per heavy atom. The van der Waals surface area contributed by atoms with E-state index in [0.29, 0.717) is 61.9 Å². The van der Waals surface area contributed by atoms with Crippen molar-refractivity contribution in [2.45, 2.75) is 65.3 Å². The van der Waals surface area contributed by atoms with E-state index >= 15 is 0 Å². The molecule has 0 aliphatic carbocycles. The fourth-order valence-corrected chi connectivity index (χ4v) is 5.21. The molecule has 4 amide bonds. The van der Waals surface area contributed by atoms with E-state index in [1.54, 1.807) is 29.2 Å². The van der Waals surface area contributed by atoms with Crippen LogP contribution < -0.4 is 10.1 Å². The van der Waals surface area contributed by atoms with E-state index in [0.717, 1.165) is 16.2 Å². The standard InChI is InChI=1S/C31H37N5O7/c1-20(37)32-29(33-23-11-13-34(14-12-23)30(40)43-31(2,3)4)35-18-21-9-10-24(17-22(21)19-35)41-15-16-42-36-27(38)25-7-5-6-8-26(25)28(36)39/h5-10,17,23H,11-16,18-19H2,1-4H3,(H,32,33,37). The number of rotatable bonds is 6. The smallest absolute Gasteiger partial charge is 0.410 e. The molecule has 3 aliphatic rings. The molecule has 2 aromatic carbocycles. The van der Waals surface area contributed by atoms with Crippen LogP contribution in [0.2, 0.25) is 0 Å². The fourth-order valence-electron chi connectivity index (χ4n) is 5.21. The molecule has 5 rings (SSSR count). The number of amides is 4. The SMILES string of the molecule is CC(=O)NC(=NC1CCN(C(=O)OC(C)(C)C)CC1)N1Cc2ccc(OCCON3C(=O)c4ccccc4C3=O)cc2C1. The Labute approximate surface area is 250 Å². The highest BCUT2D eigenvalue weighted by atomic mass is 16.7. The second kappa shape index (κ2) is 12.4. The highest BCUT2D eigenvalue weighted by Crippen LogP contribution is 2.28. The van der Waals surface area contributed by atoms with Crippen molar-refractivity contribution in [1.82, 2.24) is 20.2 Å². The number of ether oxygens (including phenoxy) is 2. The largest absolute Gasteiger partial charge is 0.491 e. The van der Waals surface area contributed by atoms with Crippen LogP contribution in [0.3, 0.4) is 0 Å². The summed E-state index contributed by atoms with van der Waals surface area (Å²) < 4.78 is 11.3. The number of nitrogens with one attached hydrogen (secondary N) is 1. The van der Waals surface area contributed by atoms with Crippen LogP contribution in [0.1, 0.15) is 72.4 Å². The van der Waals surface area contributed by atoms with Crippen molar-refractivity contribution in [3.05, 3.63) is 64.7 Å². The number of nitrogens with zero attached hydrogens (tertiary/aromatic N) is 4. The molecule has 228 valence electrons. The number of fused-ring (bicyclic) bond motifs is 2. The van der Waals surface area contributed by atoms with Crippen LogP contribution in [0.25, 0.3) is 0 Å². The van der Waals surface area contributed by atoms with Gasteiger partial charge in [0.05, 0.1) is 17.2 Å². The Balaban J connectivity index is 1.14. The van der Waals surface area contributed by atoms with Gasteiger partial charge >= 0.3 is 6.09 Å². The number of likely N-dealkylation sites (tertiary alicyclic amines) is 1. The molecule has 1 saturated heterocycles. The first kappa shape index (κ1) is 30.0. The monoisotopic (exact) mass is 591 g/mol. The molecule has 0 aromatic heterocycles. The van der Waals surface area contributed by atoms with Crippen LogP contribution in [0, 0.1) is 0 Å². The molecular weight excluding hydrogens is 554 g/mol. The lowest BCUT2D eigenvalue weighted by Gasteiger charge is -2.33. The molecule has 3 heterocycles. The molecule has 0 atom stereocenters. The number of imide groups is 1. The van der Waals surface area contributed by atoms with Gasteiger partial charge in [0.25, 0.3) is 11.8 Å². The average Bonchev–Trinajstić information content (AvgIpc) is 3.48. The third-order valence-electron chi connectivity index (χ3n) is 7.24. The van der Waals surface area contributed by atoms with E-state index < -0.39 is 17.4 Å². The summed E-state index contributed by atoms with van der Waals surface area (Å²) in [6, 6.07) is 12.3. The number of benzene rings is 2. The predicted molar refractivity (Wildman–Crippen MR) is 156 cm³/mol. The third kappa shape index (κ3) is 7.14. The first-order chi connectivity index (χ1) is 20.5. The summed E-state index contributed by atoms with van der Waals surface area (Å²) in [5.41, 5.74) is 2.23. The zero-order chi connectivity index (χ0) is 30.7. The molecule has 0 radical (unpaired) electrons. The lowest BCUT2D eigenvalue weighted by Crippen LogP contribution is -2.45. The Morgan fingerprint density at radius 2 is 1.58 bits per heavy atom. The lowest BCUT2D eigenvalue weighted by molar-refractivity contribution is -0.117. The van der Waals surface area contributed by atoms with Crippen LogP contribution in [-0.4, -0.2) is 82.6 Å². The Hall–Kier alpha value is -4.45. The topological polar surface area (TPSA) is 130 Å². The minimum absolute atomic E-state index is 0.0146. The Kier molecular flexibility index (Phi) is 8.67. The van der Waals surface area contributed by atoms with Gasteiger partial charge in [0.15, 0.2) is 0 Å². The Morgan fingerprint density at radius 3 is 2.21 bits per heavy atom. The van der Waals surface area contributed by atoms with Gasteiger partial charge < -0.3 is 19.3 Å². The normalized spacial score (nSPS) is 17.2.